The van der Waals surface area contributed by atoms with Gasteiger partial charge in [-0.05, 0) is 55.4 Å². The van der Waals surface area contributed by atoms with E-state index in [1.807, 2.05) is 0 Å². The molecule has 0 aromatic heterocycles. The van der Waals surface area contributed by atoms with Crippen molar-refractivity contribution < 1.29 is 48.8 Å². The maximum absolute atomic E-state index is 13.7. The number of carbonyl (C=O) groups is 6. The highest BCUT2D eigenvalue weighted by atomic mass is 16.5. The lowest BCUT2D eigenvalue weighted by Gasteiger charge is -2.57. The molecule has 3 fully saturated rings. The number of carbonyl (C=O) groups excluding carboxylic acids is 5. The van der Waals surface area contributed by atoms with Crippen LogP contribution in [-0.4, -0.2) is 75.4 Å². The number of amides is 1. The van der Waals surface area contributed by atoms with E-state index in [0.717, 1.165) is 18.4 Å². The Bertz CT molecular complexity index is 1220. The number of rotatable bonds is 10. The molecule has 0 spiro atoms. The van der Waals surface area contributed by atoms with E-state index in [-0.39, 0.29) is 67.0 Å². The second-order valence-electron chi connectivity index (χ2n) is 13.9. The number of esters is 1. The summed E-state index contributed by atoms with van der Waals surface area (Å²) in [4.78, 5) is 74.6. The Balaban J connectivity index is 1.33. The van der Waals surface area contributed by atoms with E-state index in [0.29, 0.717) is 19.3 Å². The van der Waals surface area contributed by atoms with Crippen molar-refractivity contribution in [2.45, 2.75) is 97.2 Å². The van der Waals surface area contributed by atoms with Gasteiger partial charge in [-0.1, -0.05) is 33.3 Å². The van der Waals surface area contributed by atoms with E-state index >= 15 is 0 Å². The van der Waals surface area contributed by atoms with Crippen LogP contribution >= 0.6 is 0 Å². The van der Waals surface area contributed by atoms with Crippen molar-refractivity contribution in [3.8, 4) is 0 Å². The number of allylic oxidation sites excluding steroid dienone is 1. The van der Waals surface area contributed by atoms with Crippen LogP contribution in [0.5, 0.6) is 0 Å². The fourth-order valence-corrected chi connectivity index (χ4v) is 8.24. The molecule has 11 nitrogen and oxygen atoms in total. The Morgan fingerprint density at radius 2 is 1.79 bits per heavy atom. The van der Waals surface area contributed by atoms with Gasteiger partial charge >= 0.3 is 11.9 Å². The Hall–Kier alpha value is -2.92. The molecule has 1 amide bonds. The molecule has 0 heterocycles. The maximum Gasteiger partial charge on any atom is 0.333 e. The summed E-state index contributed by atoms with van der Waals surface area (Å²) < 4.78 is 5.13. The van der Waals surface area contributed by atoms with Crippen LogP contribution < -0.4 is 5.32 Å². The van der Waals surface area contributed by atoms with Crippen LogP contribution in [0.2, 0.25) is 0 Å². The zero-order valence-corrected chi connectivity index (χ0v) is 24.9. The Labute approximate surface area is 245 Å². The van der Waals surface area contributed by atoms with E-state index in [4.69, 9.17) is 9.84 Å². The number of fused-ring (bicyclic) bond motifs is 5. The summed E-state index contributed by atoms with van der Waals surface area (Å²) in [5.74, 6) is -3.63. The van der Waals surface area contributed by atoms with Gasteiger partial charge in [0.2, 0.25) is 11.7 Å². The summed E-state index contributed by atoms with van der Waals surface area (Å²) in [5, 5.41) is 32.9. The van der Waals surface area contributed by atoms with E-state index in [1.54, 1.807) is 13.0 Å². The predicted molar refractivity (Wildman–Crippen MR) is 148 cm³/mol. The fraction of sp³-hybridized carbons (Fsp3) is 0.742. The number of hydrogen-bond donors (Lipinski definition) is 4. The number of nitrogens with one attached hydrogen (secondary N) is 1. The van der Waals surface area contributed by atoms with Gasteiger partial charge < -0.3 is 25.4 Å². The third-order valence-electron chi connectivity index (χ3n) is 10.9. The van der Waals surface area contributed by atoms with Gasteiger partial charge in [0.05, 0.1) is 6.42 Å². The Morgan fingerprint density at radius 1 is 1.10 bits per heavy atom. The number of ether oxygens (including phenoxy) is 1. The molecule has 4 aliphatic rings. The number of aliphatic hydroxyl groups is 2. The van der Waals surface area contributed by atoms with Crippen LogP contribution in [0, 0.1) is 34.0 Å². The van der Waals surface area contributed by atoms with Gasteiger partial charge in [-0.2, -0.15) is 0 Å². The number of carboxylic acids is 1. The zero-order chi connectivity index (χ0) is 31.3. The first kappa shape index (κ1) is 32.0. The van der Waals surface area contributed by atoms with Gasteiger partial charge in [0.1, 0.15) is 11.4 Å². The predicted octanol–water partition coefficient (Wildman–Crippen LogP) is 1.91. The van der Waals surface area contributed by atoms with Crippen molar-refractivity contribution in [1.29, 1.82) is 0 Å². The average molecular weight is 590 g/mol. The van der Waals surface area contributed by atoms with E-state index in [2.05, 4.69) is 12.2 Å². The van der Waals surface area contributed by atoms with Gasteiger partial charge in [-0.15, -0.1) is 0 Å². The smallest absolute Gasteiger partial charge is 0.333 e. The van der Waals surface area contributed by atoms with Gasteiger partial charge in [0.15, 0.2) is 18.5 Å². The first-order chi connectivity index (χ1) is 19.5. The summed E-state index contributed by atoms with van der Waals surface area (Å²) in [6.45, 7) is 6.03. The molecule has 0 unspecified atom stereocenters. The van der Waals surface area contributed by atoms with Gasteiger partial charge in [-0.25, -0.2) is 4.79 Å². The molecule has 11 heteroatoms. The standard InChI is InChI=1S/C31H43NO10/c1-28(2,26(38)27(39)40)16-32-23(36)7-8-24(37)42-15-22(35)31(41)12-10-20-19-6-5-17-13-18(33)9-11-29(17,3)25(19)21(34)14-30(20,31)4/h13,19-20,25-26,38,41H,5-12,14-16H2,1-4H3,(H,32,36)(H,39,40)/t19-,20+,25-,26+,29-,30-,31-/m0/s1. The lowest BCUT2D eigenvalue weighted by molar-refractivity contribution is -0.173. The highest BCUT2D eigenvalue weighted by Crippen LogP contribution is 2.66. The molecule has 0 bridgehead atoms. The Morgan fingerprint density at radius 3 is 2.45 bits per heavy atom. The summed E-state index contributed by atoms with van der Waals surface area (Å²) in [6.07, 6.45) is 2.70. The van der Waals surface area contributed by atoms with Crippen molar-refractivity contribution in [3.63, 3.8) is 0 Å². The minimum Gasteiger partial charge on any atom is -0.479 e. The topological polar surface area (TPSA) is 184 Å². The first-order valence-corrected chi connectivity index (χ1v) is 14.8. The molecule has 3 saturated carbocycles. The van der Waals surface area contributed by atoms with Gasteiger partial charge in [-0.3, -0.25) is 24.0 Å². The normalized spacial score (nSPS) is 34.8. The second kappa shape index (κ2) is 11.3. The van der Waals surface area contributed by atoms with Crippen LogP contribution in [-0.2, 0) is 33.5 Å². The minimum absolute atomic E-state index is 0.00363. The van der Waals surface area contributed by atoms with Crippen molar-refractivity contribution in [1.82, 2.24) is 5.32 Å². The molecular weight excluding hydrogens is 546 g/mol. The third-order valence-corrected chi connectivity index (χ3v) is 10.9. The quantitative estimate of drug-likeness (QED) is 0.274. The molecule has 0 radical (unpaired) electrons. The highest BCUT2D eigenvalue weighted by Gasteiger charge is 2.68. The number of aliphatic hydroxyl groups excluding tert-OH is 1. The molecule has 42 heavy (non-hydrogen) atoms. The SMILES string of the molecule is CC(C)(CNC(=O)CCC(=O)OCC(=O)[C@@]1(O)CC[C@@H]2[C@@H]3CCC4=CC(=O)CC[C@]4(C)[C@@H]3C(=O)C[C@@]21C)[C@H](O)C(=O)O. The molecule has 232 valence electrons. The number of carboxylic acid groups (broad SMARTS) is 1. The molecule has 4 rings (SSSR count). The number of Topliss-reactive ketones (excluding diaryl/α,β-unsaturated/α-hetero) is 2. The van der Waals surface area contributed by atoms with Crippen LogP contribution in [0.25, 0.3) is 0 Å². The lowest BCUT2D eigenvalue weighted by Crippen LogP contribution is -2.61. The second-order valence-corrected chi connectivity index (χ2v) is 13.9. The van der Waals surface area contributed by atoms with Crippen molar-refractivity contribution in [2.75, 3.05) is 13.2 Å². The molecule has 0 saturated heterocycles. The van der Waals surface area contributed by atoms with E-state index < -0.39 is 52.8 Å². The first-order valence-electron chi connectivity index (χ1n) is 14.8. The molecule has 4 aliphatic carbocycles. The van der Waals surface area contributed by atoms with E-state index in [9.17, 15) is 39.0 Å². The van der Waals surface area contributed by atoms with Crippen molar-refractivity contribution in [2.24, 2.45) is 34.0 Å². The van der Waals surface area contributed by atoms with E-state index in [1.165, 1.54) is 13.8 Å². The molecule has 4 N–H and O–H groups in total. The maximum atomic E-state index is 13.7. The monoisotopic (exact) mass is 589 g/mol. The molecule has 7 atom stereocenters. The van der Waals surface area contributed by atoms with Crippen LogP contribution in [0.4, 0.5) is 0 Å². The van der Waals surface area contributed by atoms with Crippen LogP contribution in [0.15, 0.2) is 11.6 Å². The summed E-state index contributed by atoms with van der Waals surface area (Å²) in [6, 6.07) is 0. The Kier molecular flexibility index (Phi) is 8.61. The molecule has 0 aliphatic heterocycles. The number of aliphatic carboxylic acids is 1. The largest absolute Gasteiger partial charge is 0.479 e. The summed E-state index contributed by atoms with van der Waals surface area (Å²) in [5.41, 5.74) is -3.30. The van der Waals surface area contributed by atoms with Crippen LogP contribution in [0.1, 0.15) is 85.5 Å². The molecule has 0 aromatic carbocycles. The lowest BCUT2D eigenvalue weighted by atomic mass is 9.46. The van der Waals surface area contributed by atoms with Crippen molar-refractivity contribution in [3.05, 3.63) is 11.6 Å². The minimum atomic E-state index is -1.83. The van der Waals surface area contributed by atoms with Gasteiger partial charge in [0.25, 0.3) is 0 Å². The summed E-state index contributed by atoms with van der Waals surface area (Å²) >= 11 is 0. The number of ketones is 3. The molecular formula is C31H43NO10. The van der Waals surface area contributed by atoms with Crippen LogP contribution in [0.3, 0.4) is 0 Å². The molecule has 0 aromatic rings. The summed E-state index contributed by atoms with van der Waals surface area (Å²) in [7, 11) is 0. The fourth-order valence-electron chi connectivity index (χ4n) is 8.24. The number of hydrogen-bond acceptors (Lipinski definition) is 9. The van der Waals surface area contributed by atoms with Crippen molar-refractivity contribution >= 4 is 35.2 Å². The zero-order valence-electron chi connectivity index (χ0n) is 24.9. The average Bonchev–Trinajstić information content (AvgIpc) is 3.19. The van der Waals surface area contributed by atoms with Gasteiger partial charge in [0, 0.05) is 42.6 Å². The third kappa shape index (κ3) is 5.45. The highest BCUT2D eigenvalue weighted by molar-refractivity contribution is 5.95.